The van der Waals surface area contributed by atoms with Gasteiger partial charge in [-0.3, -0.25) is 0 Å². The van der Waals surface area contributed by atoms with E-state index in [1.807, 2.05) is 25.1 Å². The molecule has 0 fully saturated rings. The van der Waals surface area contributed by atoms with Gasteiger partial charge in [0, 0.05) is 6.04 Å². The molecule has 0 saturated heterocycles. The molecular formula is C18H27NO2. The fourth-order valence-corrected chi connectivity index (χ4v) is 2.18. The number of allylic oxidation sites excluding steroid dienone is 2. The summed E-state index contributed by atoms with van der Waals surface area (Å²) < 4.78 is 5.65. The Hall–Kier alpha value is -1.74. The third-order valence-corrected chi connectivity index (χ3v) is 3.60. The van der Waals surface area contributed by atoms with Gasteiger partial charge in [-0.2, -0.15) is 0 Å². The van der Waals surface area contributed by atoms with Crippen LogP contribution >= 0.6 is 0 Å². The predicted molar refractivity (Wildman–Crippen MR) is 88.8 cm³/mol. The summed E-state index contributed by atoms with van der Waals surface area (Å²) in [5.74, 6) is 1.26. The number of hydrogen-bond acceptors (Lipinski definition) is 3. The van der Waals surface area contributed by atoms with Gasteiger partial charge in [0.1, 0.15) is 5.76 Å². The van der Waals surface area contributed by atoms with Crippen LogP contribution in [-0.2, 0) is 6.42 Å². The van der Waals surface area contributed by atoms with E-state index in [1.165, 1.54) is 0 Å². The maximum absolute atomic E-state index is 9.91. The van der Waals surface area contributed by atoms with E-state index in [0.29, 0.717) is 17.6 Å². The summed E-state index contributed by atoms with van der Waals surface area (Å²) in [5, 5.41) is 9.91. The van der Waals surface area contributed by atoms with Crippen LogP contribution < -0.4 is 4.74 Å². The van der Waals surface area contributed by atoms with E-state index < -0.39 is 0 Å². The van der Waals surface area contributed by atoms with Crippen molar-refractivity contribution in [2.75, 3.05) is 13.6 Å². The van der Waals surface area contributed by atoms with E-state index in [1.54, 1.807) is 12.1 Å². The van der Waals surface area contributed by atoms with Gasteiger partial charge in [-0.25, -0.2) is 0 Å². The van der Waals surface area contributed by atoms with Gasteiger partial charge >= 0.3 is 0 Å². The second kappa shape index (κ2) is 8.53. The van der Waals surface area contributed by atoms with Crippen molar-refractivity contribution in [2.24, 2.45) is 0 Å². The zero-order valence-electron chi connectivity index (χ0n) is 13.6. The molecule has 21 heavy (non-hydrogen) atoms. The average molecular weight is 289 g/mol. The lowest BCUT2D eigenvalue weighted by Crippen LogP contribution is -2.31. The minimum atomic E-state index is 0.148. The third kappa shape index (κ3) is 5.27. The molecule has 116 valence electrons. The Balaban J connectivity index is 2.84. The van der Waals surface area contributed by atoms with Gasteiger partial charge < -0.3 is 14.7 Å². The van der Waals surface area contributed by atoms with Gasteiger partial charge in [0.2, 0.25) is 0 Å². The minimum Gasteiger partial charge on any atom is -0.504 e. The fourth-order valence-electron chi connectivity index (χ4n) is 2.18. The molecule has 3 nitrogen and oxygen atoms in total. The van der Waals surface area contributed by atoms with Crippen LogP contribution in [0.4, 0.5) is 0 Å². The number of phenols is 1. The Kier molecular flexibility index (Phi) is 7.03. The van der Waals surface area contributed by atoms with Crippen LogP contribution in [0.1, 0.15) is 32.8 Å². The van der Waals surface area contributed by atoms with Gasteiger partial charge in [0.15, 0.2) is 11.5 Å². The largest absolute Gasteiger partial charge is 0.504 e. The summed E-state index contributed by atoms with van der Waals surface area (Å²) in [6.45, 7) is 11.0. The number of likely N-dealkylation sites (N-methyl/N-ethyl adjacent to an activating group) is 1. The van der Waals surface area contributed by atoms with Crippen molar-refractivity contribution in [2.45, 2.75) is 39.7 Å². The number of phenolic OH excluding ortho intramolecular Hbond substituents is 1. The zero-order valence-corrected chi connectivity index (χ0v) is 13.6. The smallest absolute Gasteiger partial charge is 0.169 e. The summed E-state index contributed by atoms with van der Waals surface area (Å²) in [5.41, 5.74) is 1.15. The lowest BCUT2D eigenvalue weighted by Gasteiger charge is -2.24. The molecule has 0 aliphatic carbocycles. The summed E-state index contributed by atoms with van der Waals surface area (Å²) in [6, 6.07) is 5.98. The number of benzene rings is 1. The molecular weight excluding hydrogens is 262 g/mol. The maximum atomic E-state index is 9.91. The van der Waals surface area contributed by atoms with Crippen LogP contribution in [-0.4, -0.2) is 29.6 Å². The Bertz CT molecular complexity index is 494. The highest BCUT2D eigenvalue weighted by Gasteiger charge is 2.11. The van der Waals surface area contributed by atoms with Crippen LogP contribution in [0, 0.1) is 0 Å². The monoisotopic (exact) mass is 289 g/mol. The lowest BCUT2D eigenvalue weighted by atomic mass is 10.1. The molecule has 1 aromatic rings. The fraction of sp³-hybridized carbons (Fsp3) is 0.444. The van der Waals surface area contributed by atoms with E-state index in [0.717, 1.165) is 24.9 Å². The van der Waals surface area contributed by atoms with Gasteiger partial charge in [-0.15, -0.1) is 0 Å². The van der Waals surface area contributed by atoms with Crippen molar-refractivity contribution in [1.29, 1.82) is 0 Å². The molecule has 3 heteroatoms. The SMILES string of the molecule is C=CC(=CC)Oc1cc(CC(C)N(C)CCC)ccc1O. The Labute approximate surface area is 128 Å². The quantitative estimate of drug-likeness (QED) is 0.577. The van der Waals surface area contributed by atoms with E-state index in [-0.39, 0.29) is 5.75 Å². The summed E-state index contributed by atoms with van der Waals surface area (Å²) in [6.07, 6.45) is 5.52. The van der Waals surface area contributed by atoms with Gasteiger partial charge in [0.25, 0.3) is 0 Å². The van der Waals surface area contributed by atoms with Gasteiger partial charge in [-0.1, -0.05) is 19.6 Å². The molecule has 0 aromatic heterocycles. The van der Waals surface area contributed by atoms with Crippen molar-refractivity contribution in [3.8, 4) is 11.5 Å². The topological polar surface area (TPSA) is 32.7 Å². The second-order valence-electron chi connectivity index (χ2n) is 5.33. The molecule has 0 bridgehead atoms. The first-order valence-corrected chi connectivity index (χ1v) is 7.50. The van der Waals surface area contributed by atoms with E-state index in [9.17, 15) is 5.11 Å². The molecule has 0 aliphatic heterocycles. The number of hydrogen-bond donors (Lipinski definition) is 1. The Morgan fingerprint density at radius 3 is 2.76 bits per heavy atom. The Morgan fingerprint density at radius 1 is 1.48 bits per heavy atom. The van der Waals surface area contributed by atoms with Crippen molar-refractivity contribution in [3.05, 3.63) is 48.3 Å². The normalized spacial score (nSPS) is 13.3. The molecule has 0 spiro atoms. The Morgan fingerprint density at radius 2 is 2.19 bits per heavy atom. The summed E-state index contributed by atoms with van der Waals surface area (Å²) in [4.78, 5) is 2.34. The first-order valence-electron chi connectivity index (χ1n) is 7.50. The molecule has 1 unspecified atom stereocenters. The van der Waals surface area contributed by atoms with Gasteiger partial charge in [0.05, 0.1) is 0 Å². The lowest BCUT2D eigenvalue weighted by molar-refractivity contribution is 0.256. The van der Waals surface area contributed by atoms with Crippen LogP contribution in [0.15, 0.2) is 42.7 Å². The van der Waals surface area contributed by atoms with Crippen molar-refractivity contribution >= 4 is 0 Å². The van der Waals surface area contributed by atoms with Crippen molar-refractivity contribution in [3.63, 3.8) is 0 Å². The molecule has 0 saturated carbocycles. The number of aromatic hydroxyl groups is 1. The van der Waals surface area contributed by atoms with E-state index in [4.69, 9.17) is 4.74 Å². The second-order valence-corrected chi connectivity index (χ2v) is 5.33. The molecule has 1 N–H and O–H groups in total. The summed E-state index contributed by atoms with van der Waals surface area (Å²) in [7, 11) is 2.14. The van der Waals surface area contributed by atoms with Gasteiger partial charge in [-0.05, 0) is 70.1 Å². The highest BCUT2D eigenvalue weighted by Crippen LogP contribution is 2.29. The van der Waals surface area contributed by atoms with Crippen molar-refractivity contribution in [1.82, 2.24) is 4.90 Å². The van der Waals surface area contributed by atoms with Crippen LogP contribution in [0.3, 0.4) is 0 Å². The predicted octanol–water partition coefficient (Wildman–Crippen LogP) is 4.13. The number of nitrogens with zero attached hydrogens (tertiary/aromatic N) is 1. The van der Waals surface area contributed by atoms with Crippen LogP contribution in [0.25, 0.3) is 0 Å². The standard InChI is InChI=1S/C18H27NO2/c1-6-11-19(5)14(4)12-15-9-10-17(20)18(13-15)21-16(7-2)8-3/h7-10,13-14,20H,2,6,11-12H2,1,3-5H3. The average Bonchev–Trinajstić information content (AvgIpc) is 2.47. The molecule has 0 aliphatic rings. The first kappa shape index (κ1) is 17.3. The van der Waals surface area contributed by atoms with Crippen LogP contribution in [0.2, 0.25) is 0 Å². The van der Waals surface area contributed by atoms with Crippen molar-refractivity contribution < 1.29 is 9.84 Å². The highest BCUT2D eigenvalue weighted by atomic mass is 16.5. The minimum absolute atomic E-state index is 0.148. The van der Waals surface area contributed by atoms with Crippen LogP contribution in [0.5, 0.6) is 11.5 Å². The maximum Gasteiger partial charge on any atom is 0.169 e. The number of rotatable bonds is 8. The first-order chi connectivity index (χ1) is 10.0. The third-order valence-electron chi connectivity index (χ3n) is 3.60. The molecule has 1 aromatic carbocycles. The van der Waals surface area contributed by atoms with E-state index in [2.05, 4.69) is 32.4 Å². The highest BCUT2D eigenvalue weighted by molar-refractivity contribution is 5.43. The molecule has 0 heterocycles. The molecule has 0 amide bonds. The molecule has 0 radical (unpaired) electrons. The van der Waals surface area contributed by atoms with E-state index >= 15 is 0 Å². The molecule has 1 rings (SSSR count). The summed E-state index contributed by atoms with van der Waals surface area (Å²) >= 11 is 0. The zero-order chi connectivity index (χ0) is 15.8. The molecule has 1 atom stereocenters. The number of ether oxygens (including phenoxy) is 1.